The summed E-state index contributed by atoms with van der Waals surface area (Å²) in [5.74, 6) is -0.589. The fourth-order valence-electron chi connectivity index (χ4n) is 4.15. The van der Waals surface area contributed by atoms with E-state index in [0.717, 1.165) is 18.4 Å². The molecule has 0 saturated carbocycles. The Morgan fingerprint density at radius 2 is 2.00 bits per heavy atom. The van der Waals surface area contributed by atoms with Gasteiger partial charge < -0.3 is 20.3 Å². The Hall–Kier alpha value is -3.84. The number of anilines is 2. The van der Waals surface area contributed by atoms with Crippen molar-refractivity contribution in [2.75, 3.05) is 24.4 Å². The molecule has 4 N–H and O–H groups in total. The molecule has 0 bridgehead atoms. The van der Waals surface area contributed by atoms with Gasteiger partial charge in [0.15, 0.2) is 10.4 Å². The molecule has 37 heavy (non-hydrogen) atoms. The number of benzene rings is 1. The highest BCUT2D eigenvalue weighted by atomic mass is 79.9. The number of ether oxygens (including phenoxy) is 1. The van der Waals surface area contributed by atoms with Crippen molar-refractivity contribution in [2.24, 2.45) is 0 Å². The highest BCUT2D eigenvalue weighted by Crippen LogP contribution is 2.31. The SMILES string of the molecule is CCCC(CCO)Nc1nc(NC(=O)OC)nc2c(Br)nn(Cc3ccc(C(=O)O)c4cccnc34)c12. The van der Waals surface area contributed by atoms with Crippen LogP contribution in [-0.4, -0.2) is 66.8 Å². The van der Waals surface area contributed by atoms with Gasteiger partial charge in [-0.3, -0.25) is 15.0 Å². The highest BCUT2D eigenvalue weighted by Gasteiger charge is 2.22. The van der Waals surface area contributed by atoms with Gasteiger partial charge in [-0.15, -0.1) is 0 Å². The second kappa shape index (κ2) is 11.5. The third kappa shape index (κ3) is 5.62. The topological polar surface area (TPSA) is 164 Å². The van der Waals surface area contributed by atoms with Gasteiger partial charge in [0.25, 0.3) is 0 Å². The molecule has 3 aromatic heterocycles. The first-order valence-electron chi connectivity index (χ1n) is 11.6. The molecule has 13 heteroatoms. The third-order valence-corrected chi connectivity index (χ3v) is 6.34. The summed E-state index contributed by atoms with van der Waals surface area (Å²) in [4.78, 5) is 36.9. The molecule has 3 heterocycles. The maximum absolute atomic E-state index is 11.8. The van der Waals surface area contributed by atoms with Crippen molar-refractivity contribution in [3.05, 3.63) is 46.2 Å². The summed E-state index contributed by atoms with van der Waals surface area (Å²) in [7, 11) is 1.24. The minimum Gasteiger partial charge on any atom is -0.478 e. The van der Waals surface area contributed by atoms with Crippen molar-refractivity contribution >= 4 is 61.7 Å². The van der Waals surface area contributed by atoms with Gasteiger partial charge in [-0.1, -0.05) is 25.5 Å². The Labute approximate surface area is 220 Å². The number of carboxylic acid groups (broad SMARTS) is 1. The maximum atomic E-state index is 11.8. The summed E-state index contributed by atoms with van der Waals surface area (Å²) < 4.78 is 6.80. The van der Waals surface area contributed by atoms with Crippen LogP contribution in [0.15, 0.2) is 35.1 Å². The second-order valence-corrected chi connectivity index (χ2v) is 9.03. The van der Waals surface area contributed by atoms with E-state index in [1.807, 2.05) is 6.92 Å². The zero-order chi connectivity index (χ0) is 26.5. The number of carboxylic acids is 1. The Balaban J connectivity index is 1.85. The molecule has 0 aliphatic rings. The number of aromatic nitrogens is 5. The van der Waals surface area contributed by atoms with Gasteiger partial charge in [0, 0.05) is 24.2 Å². The van der Waals surface area contributed by atoms with E-state index in [4.69, 9.17) is 0 Å². The highest BCUT2D eigenvalue weighted by molar-refractivity contribution is 9.10. The first-order chi connectivity index (χ1) is 17.9. The summed E-state index contributed by atoms with van der Waals surface area (Å²) in [6.07, 6.45) is 3.06. The van der Waals surface area contributed by atoms with Crippen LogP contribution in [0.5, 0.6) is 0 Å². The van der Waals surface area contributed by atoms with Crippen LogP contribution in [-0.2, 0) is 11.3 Å². The third-order valence-electron chi connectivity index (χ3n) is 5.80. The Kier molecular flexibility index (Phi) is 8.14. The van der Waals surface area contributed by atoms with Gasteiger partial charge in [-0.05, 0) is 46.5 Å². The van der Waals surface area contributed by atoms with Gasteiger partial charge in [0.05, 0.1) is 24.7 Å². The maximum Gasteiger partial charge on any atom is 0.413 e. The van der Waals surface area contributed by atoms with Crippen molar-refractivity contribution in [1.29, 1.82) is 0 Å². The Morgan fingerprint density at radius 1 is 1.19 bits per heavy atom. The molecule has 0 spiro atoms. The predicted octanol–water partition coefficient (Wildman–Crippen LogP) is 4.02. The zero-order valence-electron chi connectivity index (χ0n) is 20.2. The number of aromatic carboxylic acids is 1. The lowest BCUT2D eigenvalue weighted by molar-refractivity contribution is 0.0699. The number of fused-ring (bicyclic) bond motifs is 2. The van der Waals surface area contributed by atoms with Crippen LogP contribution in [0.2, 0.25) is 0 Å². The molecule has 0 aliphatic carbocycles. The molecule has 1 aromatic carbocycles. The molecular formula is C24H26BrN7O5. The predicted molar refractivity (Wildman–Crippen MR) is 141 cm³/mol. The van der Waals surface area contributed by atoms with E-state index in [1.165, 1.54) is 7.11 Å². The zero-order valence-corrected chi connectivity index (χ0v) is 21.8. The molecule has 0 radical (unpaired) electrons. The van der Waals surface area contributed by atoms with Crippen LogP contribution in [0.1, 0.15) is 42.1 Å². The van der Waals surface area contributed by atoms with Gasteiger partial charge in [-0.2, -0.15) is 10.1 Å². The van der Waals surface area contributed by atoms with Gasteiger partial charge in [0.2, 0.25) is 5.95 Å². The summed E-state index contributed by atoms with van der Waals surface area (Å²) in [5.41, 5.74) is 2.47. The molecule has 12 nitrogen and oxygen atoms in total. The number of hydrogen-bond acceptors (Lipinski definition) is 9. The van der Waals surface area contributed by atoms with Gasteiger partial charge in [0.1, 0.15) is 11.0 Å². The largest absolute Gasteiger partial charge is 0.478 e. The van der Waals surface area contributed by atoms with Crippen molar-refractivity contribution in [1.82, 2.24) is 24.7 Å². The number of aliphatic hydroxyl groups excluding tert-OH is 1. The monoisotopic (exact) mass is 571 g/mol. The molecule has 1 unspecified atom stereocenters. The first-order valence-corrected chi connectivity index (χ1v) is 12.4. The van der Waals surface area contributed by atoms with Crippen molar-refractivity contribution < 1.29 is 24.5 Å². The minimum absolute atomic E-state index is 0.00426. The summed E-state index contributed by atoms with van der Waals surface area (Å²) in [6.45, 7) is 2.29. The number of carbonyl (C=O) groups excluding carboxylic acids is 1. The van der Waals surface area contributed by atoms with E-state index < -0.39 is 12.1 Å². The van der Waals surface area contributed by atoms with Crippen LogP contribution in [0, 0.1) is 0 Å². The Morgan fingerprint density at radius 3 is 2.70 bits per heavy atom. The fraction of sp³-hybridized carbons (Fsp3) is 0.333. The molecular weight excluding hydrogens is 546 g/mol. The average molecular weight is 572 g/mol. The van der Waals surface area contributed by atoms with E-state index in [-0.39, 0.29) is 30.7 Å². The fourth-order valence-corrected chi connectivity index (χ4v) is 4.62. The molecule has 4 aromatic rings. The number of halogens is 1. The van der Waals surface area contributed by atoms with Gasteiger partial charge in [-0.25, -0.2) is 14.6 Å². The quantitative estimate of drug-likeness (QED) is 0.218. The molecule has 1 amide bonds. The number of rotatable bonds is 10. The van der Waals surface area contributed by atoms with Crippen molar-refractivity contribution in [3.8, 4) is 0 Å². The van der Waals surface area contributed by atoms with Crippen molar-refractivity contribution in [2.45, 2.75) is 38.8 Å². The first kappa shape index (κ1) is 26.2. The average Bonchev–Trinajstić information content (AvgIpc) is 3.19. The number of methoxy groups -OCH3 is 1. The van der Waals surface area contributed by atoms with E-state index in [0.29, 0.717) is 38.8 Å². The normalized spacial score (nSPS) is 12.0. The number of pyridine rings is 1. The standard InChI is InChI=1S/C24H26BrN7O5/c1-3-5-14(9-11-33)27-21-19-18(28-23(29-21)30-24(36)37-2)20(25)31-32(19)12-13-7-8-16(22(34)35)15-6-4-10-26-17(13)15/h4,6-8,10,14,33H,3,5,9,11-12H2,1-2H3,(H,34,35)(H2,27,28,29,30,36). The minimum atomic E-state index is -1.03. The van der Waals surface area contributed by atoms with E-state index in [1.54, 1.807) is 35.1 Å². The number of nitrogens with zero attached hydrogens (tertiary/aromatic N) is 5. The molecule has 1 atom stereocenters. The molecule has 4 rings (SSSR count). The summed E-state index contributed by atoms with van der Waals surface area (Å²) in [5, 5.41) is 30.1. The van der Waals surface area contributed by atoms with Crippen LogP contribution >= 0.6 is 15.9 Å². The second-order valence-electron chi connectivity index (χ2n) is 8.28. The molecule has 0 fully saturated rings. The summed E-state index contributed by atoms with van der Waals surface area (Å²) >= 11 is 3.46. The smallest absolute Gasteiger partial charge is 0.413 e. The van der Waals surface area contributed by atoms with Crippen LogP contribution < -0.4 is 10.6 Å². The lowest BCUT2D eigenvalue weighted by Crippen LogP contribution is -2.23. The number of amides is 1. The van der Waals surface area contributed by atoms with Crippen LogP contribution in [0.25, 0.3) is 21.9 Å². The number of aliphatic hydroxyl groups is 1. The lowest BCUT2D eigenvalue weighted by atomic mass is 10.0. The van der Waals surface area contributed by atoms with Gasteiger partial charge >= 0.3 is 12.1 Å². The Bertz CT molecular complexity index is 1450. The van der Waals surface area contributed by atoms with Crippen LogP contribution in [0.4, 0.5) is 16.6 Å². The summed E-state index contributed by atoms with van der Waals surface area (Å²) in [6, 6.07) is 6.59. The molecule has 194 valence electrons. The van der Waals surface area contributed by atoms with Crippen molar-refractivity contribution in [3.63, 3.8) is 0 Å². The number of hydrogen-bond donors (Lipinski definition) is 4. The van der Waals surface area contributed by atoms with E-state index in [9.17, 15) is 19.8 Å². The number of carbonyl (C=O) groups is 2. The van der Waals surface area contributed by atoms with E-state index in [2.05, 4.69) is 51.4 Å². The lowest BCUT2D eigenvalue weighted by Gasteiger charge is -2.19. The van der Waals surface area contributed by atoms with Crippen LogP contribution in [0.3, 0.4) is 0 Å². The number of nitrogens with one attached hydrogen (secondary N) is 2. The molecule has 0 aliphatic heterocycles. The molecule has 0 saturated heterocycles. The van der Waals surface area contributed by atoms with E-state index >= 15 is 0 Å².